The zero-order valence-corrected chi connectivity index (χ0v) is 10.3. The summed E-state index contributed by atoms with van der Waals surface area (Å²) in [6.45, 7) is 6.14. The highest BCUT2D eigenvalue weighted by Crippen LogP contribution is 2.30. The van der Waals surface area contributed by atoms with E-state index in [1.165, 1.54) is 0 Å². The highest BCUT2D eigenvalue weighted by atomic mass is 16.5. The summed E-state index contributed by atoms with van der Waals surface area (Å²) in [7, 11) is 0. The maximum Gasteiger partial charge on any atom is 0.244 e. The average Bonchev–Trinajstić information content (AvgIpc) is 2.77. The summed E-state index contributed by atoms with van der Waals surface area (Å²) >= 11 is 0. The molecule has 0 radical (unpaired) electrons. The lowest BCUT2D eigenvalue weighted by Gasteiger charge is -2.23. The van der Waals surface area contributed by atoms with Crippen molar-refractivity contribution in [3.8, 4) is 11.4 Å². The molecule has 0 fully saturated rings. The van der Waals surface area contributed by atoms with Gasteiger partial charge in [-0.25, -0.2) is 0 Å². The number of nitrogens with two attached hydrogens (primary N) is 1. The molecule has 1 heterocycles. The Balaban J connectivity index is 2.28. The Morgan fingerprint density at radius 3 is 2.41 bits per heavy atom. The van der Waals surface area contributed by atoms with E-state index in [1.807, 2.05) is 51.1 Å². The Labute approximate surface area is 101 Å². The van der Waals surface area contributed by atoms with Gasteiger partial charge >= 0.3 is 0 Å². The van der Waals surface area contributed by atoms with E-state index in [-0.39, 0.29) is 11.5 Å². The van der Waals surface area contributed by atoms with Crippen LogP contribution in [0.2, 0.25) is 0 Å². The largest absolute Gasteiger partial charge is 0.337 e. The Kier molecular flexibility index (Phi) is 2.98. The molecular weight excluding hydrogens is 214 g/mol. The van der Waals surface area contributed by atoms with E-state index < -0.39 is 0 Å². The summed E-state index contributed by atoms with van der Waals surface area (Å²) in [6.07, 6.45) is 0. The average molecular weight is 231 g/mol. The summed E-state index contributed by atoms with van der Waals surface area (Å²) in [5.74, 6) is 1.07. The summed E-state index contributed by atoms with van der Waals surface area (Å²) in [5, 5.41) is 3.95. The minimum atomic E-state index is -0.257. The first kappa shape index (κ1) is 11.8. The number of rotatable bonds is 2. The van der Waals surface area contributed by atoms with Crippen molar-refractivity contribution in [2.45, 2.75) is 26.8 Å². The van der Waals surface area contributed by atoms with Crippen LogP contribution >= 0.6 is 0 Å². The van der Waals surface area contributed by atoms with Gasteiger partial charge in [0.25, 0.3) is 0 Å². The number of benzene rings is 1. The fourth-order valence-electron chi connectivity index (χ4n) is 1.44. The predicted octanol–water partition coefficient (Wildman–Crippen LogP) is 2.78. The van der Waals surface area contributed by atoms with E-state index in [4.69, 9.17) is 10.3 Å². The highest BCUT2D eigenvalue weighted by Gasteiger charge is 2.27. The molecule has 0 amide bonds. The van der Waals surface area contributed by atoms with Gasteiger partial charge in [-0.05, 0) is 5.41 Å². The molecular formula is C13H17N3O. The second-order valence-electron chi connectivity index (χ2n) is 5.17. The topological polar surface area (TPSA) is 64.9 Å². The summed E-state index contributed by atoms with van der Waals surface area (Å²) < 4.78 is 5.22. The molecule has 2 aromatic rings. The fraction of sp³-hybridized carbons (Fsp3) is 0.385. The number of nitrogens with zero attached hydrogens (tertiary/aromatic N) is 2. The van der Waals surface area contributed by atoms with Gasteiger partial charge in [-0.2, -0.15) is 4.98 Å². The van der Waals surface area contributed by atoms with Crippen molar-refractivity contribution in [3.05, 3.63) is 36.2 Å². The molecule has 0 aliphatic carbocycles. The van der Waals surface area contributed by atoms with Crippen LogP contribution in [0, 0.1) is 5.41 Å². The second-order valence-corrected chi connectivity index (χ2v) is 5.17. The Morgan fingerprint density at radius 2 is 1.82 bits per heavy atom. The number of hydrogen-bond acceptors (Lipinski definition) is 4. The number of aromatic nitrogens is 2. The van der Waals surface area contributed by atoms with Gasteiger partial charge in [-0.3, -0.25) is 0 Å². The lowest BCUT2D eigenvalue weighted by molar-refractivity contribution is 0.253. The van der Waals surface area contributed by atoms with Crippen molar-refractivity contribution in [3.63, 3.8) is 0 Å². The van der Waals surface area contributed by atoms with Gasteiger partial charge < -0.3 is 10.3 Å². The first-order valence-electron chi connectivity index (χ1n) is 5.63. The molecule has 0 unspecified atom stereocenters. The SMILES string of the molecule is CC(C)(C)[C@@H](N)c1nc(-c2ccccc2)no1. The van der Waals surface area contributed by atoms with E-state index in [2.05, 4.69) is 10.1 Å². The summed E-state index contributed by atoms with van der Waals surface area (Å²) in [6, 6.07) is 9.46. The van der Waals surface area contributed by atoms with Crippen LogP contribution in [-0.2, 0) is 0 Å². The molecule has 1 atom stereocenters. The molecule has 0 bridgehead atoms. The minimum absolute atomic E-state index is 0.0967. The van der Waals surface area contributed by atoms with Gasteiger partial charge in [0.15, 0.2) is 0 Å². The van der Waals surface area contributed by atoms with Crippen LogP contribution < -0.4 is 5.73 Å². The van der Waals surface area contributed by atoms with Gasteiger partial charge in [0.2, 0.25) is 11.7 Å². The predicted molar refractivity (Wildman–Crippen MR) is 66.1 cm³/mol. The van der Waals surface area contributed by atoms with Gasteiger partial charge in [0.05, 0.1) is 6.04 Å². The van der Waals surface area contributed by atoms with Crippen LogP contribution in [0.4, 0.5) is 0 Å². The standard InChI is InChI=1S/C13H17N3O/c1-13(2,3)10(14)12-15-11(16-17-12)9-7-5-4-6-8-9/h4-8,10H,14H2,1-3H3/t10-/m0/s1. The van der Waals surface area contributed by atoms with Crippen molar-refractivity contribution in [2.75, 3.05) is 0 Å². The van der Waals surface area contributed by atoms with Crippen LogP contribution in [-0.4, -0.2) is 10.1 Å². The molecule has 4 nitrogen and oxygen atoms in total. The third-order valence-corrected chi connectivity index (χ3v) is 2.67. The lowest BCUT2D eigenvalue weighted by atomic mass is 9.87. The van der Waals surface area contributed by atoms with Crippen LogP contribution in [0.5, 0.6) is 0 Å². The van der Waals surface area contributed by atoms with Crippen molar-refractivity contribution in [1.29, 1.82) is 0 Å². The quantitative estimate of drug-likeness (QED) is 0.863. The van der Waals surface area contributed by atoms with Gasteiger partial charge in [-0.15, -0.1) is 0 Å². The Morgan fingerprint density at radius 1 is 1.18 bits per heavy atom. The van der Waals surface area contributed by atoms with E-state index in [9.17, 15) is 0 Å². The Bertz CT molecular complexity index is 485. The van der Waals surface area contributed by atoms with Crippen molar-refractivity contribution in [2.24, 2.45) is 11.1 Å². The molecule has 17 heavy (non-hydrogen) atoms. The first-order valence-corrected chi connectivity index (χ1v) is 5.63. The summed E-state index contributed by atoms with van der Waals surface area (Å²) in [4.78, 5) is 4.34. The smallest absolute Gasteiger partial charge is 0.244 e. The molecule has 1 aromatic heterocycles. The minimum Gasteiger partial charge on any atom is -0.337 e. The molecule has 90 valence electrons. The van der Waals surface area contributed by atoms with Crippen LogP contribution in [0.25, 0.3) is 11.4 Å². The summed E-state index contributed by atoms with van der Waals surface area (Å²) in [5.41, 5.74) is 6.90. The molecule has 2 N–H and O–H groups in total. The molecule has 0 aliphatic rings. The van der Waals surface area contributed by atoms with Gasteiger partial charge in [0, 0.05) is 5.56 Å². The maximum absolute atomic E-state index is 6.07. The molecule has 4 heteroatoms. The zero-order chi connectivity index (χ0) is 12.5. The van der Waals surface area contributed by atoms with Crippen molar-refractivity contribution >= 4 is 0 Å². The zero-order valence-electron chi connectivity index (χ0n) is 10.3. The van der Waals surface area contributed by atoms with E-state index in [0.717, 1.165) is 5.56 Å². The highest BCUT2D eigenvalue weighted by molar-refractivity contribution is 5.53. The van der Waals surface area contributed by atoms with Crippen molar-refractivity contribution < 1.29 is 4.52 Å². The monoisotopic (exact) mass is 231 g/mol. The van der Waals surface area contributed by atoms with E-state index >= 15 is 0 Å². The second kappa shape index (κ2) is 4.30. The molecule has 0 saturated carbocycles. The normalized spacial score (nSPS) is 13.6. The molecule has 0 saturated heterocycles. The van der Waals surface area contributed by atoms with Gasteiger partial charge in [0.1, 0.15) is 0 Å². The maximum atomic E-state index is 6.07. The molecule has 1 aromatic carbocycles. The first-order chi connectivity index (χ1) is 7.98. The molecule has 2 rings (SSSR count). The third kappa shape index (κ3) is 2.53. The van der Waals surface area contributed by atoms with Crippen molar-refractivity contribution in [1.82, 2.24) is 10.1 Å². The van der Waals surface area contributed by atoms with Crippen LogP contribution in [0.15, 0.2) is 34.9 Å². The van der Waals surface area contributed by atoms with E-state index in [0.29, 0.717) is 11.7 Å². The third-order valence-electron chi connectivity index (χ3n) is 2.67. The van der Waals surface area contributed by atoms with E-state index in [1.54, 1.807) is 0 Å². The van der Waals surface area contributed by atoms with Crippen LogP contribution in [0.1, 0.15) is 32.7 Å². The van der Waals surface area contributed by atoms with Gasteiger partial charge in [-0.1, -0.05) is 56.3 Å². The fourth-order valence-corrected chi connectivity index (χ4v) is 1.44. The van der Waals surface area contributed by atoms with Crippen LogP contribution in [0.3, 0.4) is 0 Å². The molecule has 0 spiro atoms. The number of hydrogen-bond donors (Lipinski definition) is 1. The Hall–Kier alpha value is -1.68. The lowest BCUT2D eigenvalue weighted by Crippen LogP contribution is -2.26. The molecule has 0 aliphatic heterocycles.